The van der Waals surface area contributed by atoms with Crippen molar-refractivity contribution < 1.29 is 14.3 Å². The Labute approximate surface area is 170 Å². The fourth-order valence-electron chi connectivity index (χ4n) is 3.54. The molecule has 2 heterocycles. The van der Waals surface area contributed by atoms with Gasteiger partial charge in [0.15, 0.2) is 0 Å². The molecule has 0 bridgehead atoms. The average molecular weight is 394 g/mol. The minimum Gasteiger partial charge on any atom is -0.494 e. The number of benzene rings is 1. The first-order chi connectivity index (χ1) is 14.1. The largest absolute Gasteiger partial charge is 0.494 e. The minimum absolute atomic E-state index is 0.0355. The van der Waals surface area contributed by atoms with Crippen molar-refractivity contribution in [3.63, 3.8) is 0 Å². The Kier molecular flexibility index (Phi) is 5.74. The van der Waals surface area contributed by atoms with E-state index in [9.17, 15) is 9.59 Å². The summed E-state index contributed by atoms with van der Waals surface area (Å²) in [5, 5.41) is 2.89. The maximum atomic E-state index is 12.9. The van der Waals surface area contributed by atoms with Crippen molar-refractivity contribution in [2.24, 2.45) is 0 Å². The van der Waals surface area contributed by atoms with Crippen LogP contribution in [0.3, 0.4) is 0 Å². The van der Waals surface area contributed by atoms with Crippen LogP contribution in [0, 0.1) is 0 Å². The highest BCUT2D eigenvalue weighted by Gasteiger charge is 2.30. The number of rotatable bonds is 7. The number of carbonyl (C=O) groups excluding carboxylic acids is 2. The number of aromatic nitrogens is 2. The number of ether oxygens (including phenoxy) is 1. The van der Waals surface area contributed by atoms with Gasteiger partial charge in [-0.25, -0.2) is 9.97 Å². The molecule has 4 rings (SSSR count). The molecule has 1 aliphatic carbocycles. The molecule has 2 amide bonds. The molecule has 0 saturated heterocycles. The third-order valence-electron chi connectivity index (χ3n) is 5.22. The van der Waals surface area contributed by atoms with E-state index in [1.54, 1.807) is 11.1 Å². The van der Waals surface area contributed by atoms with Crippen molar-refractivity contribution in [1.29, 1.82) is 0 Å². The first kappa shape index (κ1) is 19.4. The van der Waals surface area contributed by atoms with E-state index in [-0.39, 0.29) is 18.4 Å². The van der Waals surface area contributed by atoms with E-state index in [1.165, 1.54) is 0 Å². The molecule has 2 aliphatic rings. The lowest BCUT2D eigenvalue weighted by Crippen LogP contribution is -2.40. The smallest absolute Gasteiger partial charge is 0.257 e. The Hall–Kier alpha value is -2.96. The van der Waals surface area contributed by atoms with Crippen molar-refractivity contribution in [2.75, 3.05) is 19.7 Å². The molecule has 1 fully saturated rings. The summed E-state index contributed by atoms with van der Waals surface area (Å²) >= 11 is 0. The Morgan fingerprint density at radius 3 is 3.00 bits per heavy atom. The van der Waals surface area contributed by atoms with E-state index < -0.39 is 0 Å². The molecule has 1 N–H and O–H groups in total. The van der Waals surface area contributed by atoms with Crippen LogP contribution in [-0.4, -0.2) is 46.4 Å². The zero-order valence-corrected chi connectivity index (χ0v) is 16.7. The number of hydrogen-bond donors (Lipinski definition) is 1. The standard InChI is InChI=1S/C22H26N4O3/c1-2-29-17-6-3-5-15(11-17)12-23-20(27)14-26-10-4-7-19-18(22(26)28)13-24-21(25-19)16-8-9-16/h3,5-6,11,13,16H,2,4,7-10,12,14H2,1H3,(H,23,27). The zero-order chi connectivity index (χ0) is 20.2. The van der Waals surface area contributed by atoms with Crippen LogP contribution >= 0.6 is 0 Å². The molecule has 0 atom stereocenters. The van der Waals surface area contributed by atoms with Crippen LogP contribution in [0.1, 0.15) is 59.5 Å². The quantitative estimate of drug-likeness (QED) is 0.780. The van der Waals surface area contributed by atoms with Crippen molar-refractivity contribution in [3.05, 3.63) is 53.1 Å². The molecule has 1 aromatic heterocycles. The van der Waals surface area contributed by atoms with Gasteiger partial charge < -0.3 is 15.0 Å². The summed E-state index contributed by atoms with van der Waals surface area (Å²) in [4.78, 5) is 36.0. The van der Waals surface area contributed by atoms with Crippen LogP contribution in [0.15, 0.2) is 30.5 Å². The van der Waals surface area contributed by atoms with Crippen LogP contribution in [0.4, 0.5) is 0 Å². The summed E-state index contributed by atoms with van der Waals surface area (Å²) in [6.07, 6.45) is 5.45. The van der Waals surface area contributed by atoms with E-state index in [4.69, 9.17) is 4.74 Å². The van der Waals surface area contributed by atoms with Gasteiger partial charge in [0.2, 0.25) is 5.91 Å². The number of aryl methyl sites for hydroxylation is 1. The number of carbonyl (C=O) groups is 2. The molecule has 1 saturated carbocycles. The molecule has 7 heteroatoms. The highest BCUT2D eigenvalue weighted by atomic mass is 16.5. The lowest BCUT2D eigenvalue weighted by molar-refractivity contribution is -0.122. The normalized spacial score (nSPS) is 16.2. The van der Waals surface area contributed by atoms with Crippen molar-refractivity contribution in [3.8, 4) is 5.75 Å². The molecule has 0 radical (unpaired) electrons. The molecule has 7 nitrogen and oxygen atoms in total. The van der Waals surface area contributed by atoms with Gasteiger partial charge >= 0.3 is 0 Å². The first-order valence-electron chi connectivity index (χ1n) is 10.3. The summed E-state index contributed by atoms with van der Waals surface area (Å²) < 4.78 is 5.49. The van der Waals surface area contributed by atoms with Gasteiger partial charge in [-0.05, 0) is 50.3 Å². The topological polar surface area (TPSA) is 84.4 Å². The minimum atomic E-state index is -0.181. The summed E-state index contributed by atoms with van der Waals surface area (Å²) in [5.41, 5.74) is 2.31. The Morgan fingerprint density at radius 1 is 1.34 bits per heavy atom. The molecule has 152 valence electrons. The van der Waals surface area contributed by atoms with E-state index in [0.29, 0.717) is 31.2 Å². The van der Waals surface area contributed by atoms with Crippen molar-refractivity contribution >= 4 is 11.8 Å². The van der Waals surface area contributed by atoms with Crippen LogP contribution in [0.5, 0.6) is 5.75 Å². The van der Waals surface area contributed by atoms with Gasteiger partial charge in [0, 0.05) is 25.2 Å². The molecule has 0 spiro atoms. The van der Waals surface area contributed by atoms with Crippen LogP contribution in [-0.2, 0) is 17.8 Å². The van der Waals surface area contributed by atoms with E-state index >= 15 is 0 Å². The van der Waals surface area contributed by atoms with E-state index in [0.717, 1.165) is 48.5 Å². The van der Waals surface area contributed by atoms with Gasteiger partial charge in [-0.15, -0.1) is 0 Å². The van der Waals surface area contributed by atoms with E-state index in [1.807, 2.05) is 31.2 Å². The fraction of sp³-hybridized carbons (Fsp3) is 0.455. The number of amides is 2. The second kappa shape index (κ2) is 8.59. The Balaban J connectivity index is 1.36. The summed E-state index contributed by atoms with van der Waals surface area (Å²) in [6.45, 7) is 3.50. The zero-order valence-electron chi connectivity index (χ0n) is 16.7. The summed E-state index contributed by atoms with van der Waals surface area (Å²) in [6, 6.07) is 7.63. The van der Waals surface area contributed by atoms with Gasteiger partial charge in [-0.2, -0.15) is 0 Å². The summed E-state index contributed by atoms with van der Waals surface area (Å²) in [7, 11) is 0. The average Bonchev–Trinajstić information content (AvgIpc) is 3.57. The molecule has 29 heavy (non-hydrogen) atoms. The summed E-state index contributed by atoms with van der Waals surface area (Å²) in [5.74, 6) is 1.76. The van der Waals surface area contributed by atoms with Gasteiger partial charge in [0.1, 0.15) is 11.6 Å². The maximum Gasteiger partial charge on any atom is 0.257 e. The van der Waals surface area contributed by atoms with Crippen LogP contribution in [0.25, 0.3) is 0 Å². The van der Waals surface area contributed by atoms with Gasteiger partial charge in [-0.1, -0.05) is 12.1 Å². The van der Waals surface area contributed by atoms with Gasteiger partial charge in [-0.3, -0.25) is 9.59 Å². The third kappa shape index (κ3) is 4.72. The second-order valence-electron chi connectivity index (χ2n) is 7.55. The maximum absolute atomic E-state index is 12.9. The van der Waals surface area contributed by atoms with Crippen LogP contribution in [0.2, 0.25) is 0 Å². The van der Waals surface area contributed by atoms with E-state index in [2.05, 4.69) is 15.3 Å². The highest BCUT2D eigenvalue weighted by molar-refractivity contribution is 5.97. The SMILES string of the molecule is CCOc1cccc(CNC(=O)CN2CCCc3nc(C4CC4)ncc3C2=O)c1. The molecule has 0 unspecified atom stereocenters. The number of hydrogen-bond acceptors (Lipinski definition) is 5. The number of nitrogens with one attached hydrogen (secondary N) is 1. The molecule has 2 aromatic rings. The predicted molar refractivity (Wildman–Crippen MR) is 108 cm³/mol. The highest BCUT2D eigenvalue weighted by Crippen LogP contribution is 2.38. The number of fused-ring (bicyclic) bond motifs is 1. The van der Waals surface area contributed by atoms with Crippen molar-refractivity contribution in [2.45, 2.75) is 45.1 Å². The Bertz CT molecular complexity index is 911. The van der Waals surface area contributed by atoms with Crippen molar-refractivity contribution in [1.82, 2.24) is 20.2 Å². The van der Waals surface area contributed by atoms with Crippen LogP contribution < -0.4 is 10.1 Å². The Morgan fingerprint density at radius 2 is 2.21 bits per heavy atom. The molecule has 1 aliphatic heterocycles. The predicted octanol–water partition coefficient (Wildman–Crippen LogP) is 2.46. The lowest BCUT2D eigenvalue weighted by Gasteiger charge is -2.20. The number of nitrogens with zero attached hydrogens (tertiary/aromatic N) is 3. The van der Waals surface area contributed by atoms with Gasteiger partial charge in [0.05, 0.1) is 24.4 Å². The third-order valence-corrected chi connectivity index (χ3v) is 5.22. The molecular formula is C22H26N4O3. The monoisotopic (exact) mass is 394 g/mol. The molecular weight excluding hydrogens is 368 g/mol. The first-order valence-corrected chi connectivity index (χ1v) is 10.3. The van der Waals surface area contributed by atoms with Gasteiger partial charge in [0.25, 0.3) is 5.91 Å². The fourth-order valence-corrected chi connectivity index (χ4v) is 3.54. The molecule has 1 aromatic carbocycles. The second-order valence-corrected chi connectivity index (χ2v) is 7.55. The lowest BCUT2D eigenvalue weighted by atomic mass is 10.1.